The molecular weight excluding hydrogens is 206 g/mol. The quantitative estimate of drug-likeness (QED) is 0.692. The fourth-order valence-corrected chi connectivity index (χ4v) is 1.45. The van der Waals surface area contributed by atoms with E-state index in [0.717, 1.165) is 19.1 Å². The van der Waals surface area contributed by atoms with Crippen LogP contribution in [0.1, 0.15) is 40.5 Å². The summed E-state index contributed by atoms with van der Waals surface area (Å²) in [6, 6.07) is 0. The van der Waals surface area contributed by atoms with Crippen LogP contribution in [0.4, 0.5) is 4.79 Å². The Morgan fingerprint density at radius 3 is 2.38 bits per heavy atom. The van der Waals surface area contributed by atoms with Gasteiger partial charge >= 0.3 is 6.09 Å². The molecule has 0 aromatic heterocycles. The van der Waals surface area contributed by atoms with Gasteiger partial charge in [0.25, 0.3) is 0 Å². The van der Waals surface area contributed by atoms with Gasteiger partial charge in [0.15, 0.2) is 0 Å². The molecule has 0 saturated heterocycles. The van der Waals surface area contributed by atoms with Gasteiger partial charge in [-0.1, -0.05) is 6.92 Å². The molecule has 1 amide bonds. The number of ether oxygens (including phenoxy) is 1. The summed E-state index contributed by atoms with van der Waals surface area (Å²) < 4.78 is 5.25. The van der Waals surface area contributed by atoms with Crippen LogP contribution in [0, 0.1) is 5.41 Å². The van der Waals surface area contributed by atoms with Crippen molar-refractivity contribution in [3.8, 4) is 0 Å². The molecule has 0 N–H and O–H groups in total. The van der Waals surface area contributed by atoms with Crippen molar-refractivity contribution in [3.63, 3.8) is 0 Å². The van der Waals surface area contributed by atoms with Crippen molar-refractivity contribution in [3.05, 3.63) is 0 Å². The Kier molecular flexibility index (Phi) is 3.61. The summed E-state index contributed by atoms with van der Waals surface area (Å²) in [5, 5.41) is 0. The van der Waals surface area contributed by atoms with Gasteiger partial charge in [0.1, 0.15) is 11.9 Å². The zero-order valence-corrected chi connectivity index (χ0v) is 10.6. The molecule has 0 spiro atoms. The zero-order valence-electron chi connectivity index (χ0n) is 10.6. The van der Waals surface area contributed by atoms with E-state index in [1.54, 1.807) is 0 Å². The van der Waals surface area contributed by atoms with Crippen LogP contribution in [-0.4, -0.2) is 36.0 Å². The Bertz CT molecular complexity index is 276. The zero-order chi connectivity index (χ0) is 12.4. The molecule has 0 bridgehead atoms. The van der Waals surface area contributed by atoms with Crippen LogP contribution >= 0.6 is 0 Å². The van der Waals surface area contributed by atoms with Crippen LogP contribution in [-0.2, 0) is 9.53 Å². The molecule has 4 nitrogen and oxygen atoms in total. The first-order valence-electron chi connectivity index (χ1n) is 5.67. The molecule has 1 saturated carbocycles. The summed E-state index contributed by atoms with van der Waals surface area (Å²) in [4.78, 5) is 23.8. The Hall–Kier alpha value is -1.06. The average molecular weight is 227 g/mol. The van der Waals surface area contributed by atoms with E-state index in [1.165, 1.54) is 4.90 Å². The lowest BCUT2D eigenvalue weighted by Gasteiger charge is -2.27. The average Bonchev–Trinajstić information content (AvgIpc) is 2.80. The van der Waals surface area contributed by atoms with E-state index in [4.69, 9.17) is 4.74 Å². The van der Waals surface area contributed by atoms with Crippen LogP contribution in [0.5, 0.6) is 0 Å². The molecule has 16 heavy (non-hydrogen) atoms. The lowest BCUT2D eigenvalue weighted by Crippen LogP contribution is -2.40. The highest BCUT2D eigenvalue weighted by atomic mass is 16.6. The summed E-state index contributed by atoms with van der Waals surface area (Å²) in [7, 11) is 0. The summed E-state index contributed by atoms with van der Waals surface area (Å²) in [5.41, 5.74) is -0.317. The van der Waals surface area contributed by atoms with E-state index in [0.29, 0.717) is 6.54 Å². The van der Waals surface area contributed by atoms with E-state index < -0.39 is 11.7 Å². The molecule has 0 atom stereocenters. The van der Waals surface area contributed by atoms with Gasteiger partial charge in [-0.25, -0.2) is 4.79 Å². The van der Waals surface area contributed by atoms with Crippen molar-refractivity contribution in [2.24, 2.45) is 5.41 Å². The molecule has 0 aliphatic heterocycles. The normalized spacial score (nSPS) is 17.8. The minimum atomic E-state index is -0.511. The topological polar surface area (TPSA) is 46.6 Å². The molecule has 1 fully saturated rings. The summed E-state index contributed by atoms with van der Waals surface area (Å²) in [5.74, 6) is 0. The number of aldehydes is 1. The van der Waals surface area contributed by atoms with Gasteiger partial charge in [-0.2, -0.15) is 0 Å². The smallest absolute Gasteiger partial charge is 0.410 e. The largest absolute Gasteiger partial charge is 0.444 e. The summed E-state index contributed by atoms with van der Waals surface area (Å²) in [6.45, 7) is 8.31. The third-order valence-electron chi connectivity index (χ3n) is 2.62. The van der Waals surface area contributed by atoms with Gasteiger partial charge in [0, 0.05) is 6.54 Å². The minimum absolute atomic E-state index is 0.116. The highest BCUT2D eigenvalue weighted by Gasteiger charge is 2.40. The van der Waals surface area contributed by atoms with Crippen molar-refractivity contribution in [1.29, 1.82) is 0 Å². The third-order valence-corrected chi connectivity index (χ3v) is 2.62. The molecule has 0 radical (unpaired) electrons. The molecular formula is C12H21NO3. The predicted octanol–water partition coefficient (Wildman–Crippen LogP) is 2.22. The number of hydrogen-bond acceptors (Lipinski definition) is 3. The summed E-state index contributed by atoms with van der Waals surface area (Å²) >= 11 is 0. The van der Waals surface area contributed by atoms with Crippen LogP contribution in [0.2, 0.25) is 0 Å². The molecule has 4 heteroatoms. The second-order valence-electron chi connectivity index (χ2n) is 5.84. The van der Waals surface area contributed by atoms with E-state index in [-0.39, 0.29) is 12.0 Å². The van der Waals surface area contributed by atoms with E-state index in [2.05, 4.69) is 6.92 Å². The first kappa shape index (κ1) is 13.0. The van der Waals surface area contributed by atoms with Crippen molar-refractivity contribution in [1.82, 2.24) is 4.90 Å². The first-order chi connectivity index (χ1) is 7.26. The maximum absolute atomic E-state index is 11.8. The fourth-order valence-electron chi connectivity index (χ4n) is 1.45. The monoisotopic (exact) mass is 227 g/mol. The predicted molar refractivity (Wildman–Crippen MR) is 61.2 cm³/mol. The van der Waals surface area contributed by atoms with Crippen LogP contribution < -0.4 is 0 Å². The molecule has 1 aliphatic rings. The molecule has 1 rings (SSSR count). The van der Waals surface area contributed by atoms with Gasteiger partial charge in [0.2, 0.25) is 0 Å². The molecule has 92 valence electrons. The minimum Gasteiger partial charge on any atom is -0.444 e. The number of carbonyl (C=O) groups is 2. The van der Waals surface area contributed by atoms with Crippen LogP contribution in [0.25, 0.3) is 0 Å². The highest BCUT2D eigenvalue weighted by molar-refractivity contribution is 5.71. The van der Waals surface area contributed by atoms with Gasteiger partial charge in [0.05, 0.1) is 6.54 Å². The van der Waals surface area contributed by atoms with Crippen LogP contribution in [0.15, 0.2) is 0 Å². The molecule has 0 heterocycles. The lowest BCUT2D eigenvalue weighted by molar-refractivity contribution is -0.109. The number of amides is 1. The SMILES string of the molecule is CC1(CN(CC=O)C(=O)OC(C)(C)C)CC1. The second kappa shape index (κ2) is 4.44. The standard InChI is InChI=1S/C12H21NO3/c1-11(2,3)16-10(15)13(7-8-14)9-12(4)5-6-12/h8H,5-7,9H2,1-4H3. The molecule has 0 aromatic rings. The van der Waals surface area contributed by atoms with Crippen molar-refractivity contribution in [2.45, 2.75) is 46.1 Å². The Labute approximate surface area is 96.9 Å². The highest BCUT2D eigenvalue weighted by Crippen LogP contribution is 2.45. The van der Waals surface area contributed by atoms with Gasteiger partial charge in [-0.3, -0.25) is 0 Å². The summed E-state index contributed by atoms with van der Waals surface area (Å²) in [6.07, 6.45) is 2.58. The second-order valence-corrected chi connectivity index (χ2v) is 5.84. The van der Waals surface area contributed by atoms with Crippen LogP contribution in [0.3, 0.4) is 0 Å². The van der Waals surface area contributed by atoms with E-state index in [1.807, 2.05) is 20.8 Å². The van der Waals surface area contributed by atoms with Crippen molar-refractivity contribution >= 4 is 12.4 Å². The number of carbonyl (C=O) groups excluding carboxylic acids is 2. The van der Waals surface area contributed by atoms with E-state index in [9.17, 15) is 9.59 Å². The maximum Gasteiger partial charge on any atom is 0.410 e. The third kappa shape index (κ3) is 4.21. The van der Waals surface area contributed by atoms with Gasteiger partial charge < -0.3 is 14.4 Å². The number of hydrogen-bond donors (Lipinski definition) is 0. The van der Waals surface area contributed by atoms with Crippen molar-refractivity contribution < 1.29 is 14.3 Å². The number of nitrogens with zero attached hydrogens (tertiary/aromatic N) is 1. The maximum atomic E-state index is 11.8. The van der Waals surface area contributed by atoms with Gasteiger partial charge in [-0.15, -0.1) is 0 Å². The fraction of sp³-hybridized carbons (Fsp3) is 0.833. The molecule has 0 aromatic carbocycles. The Balaban J connectivity index is 2.54. The number of rotatable bonds is 4. The molecule has 1 aliphatic carbocycles. The Morgan fingerprint density at radius 1 is 1.44 bits per heavy atom. The van der Waals surface area contributed by atoms with Gasteiger partial charge in [-0.05, 0) is 39.0 Å². The first-order valence-corrected chi connectivity index (χ1v) is 5.67. The van der Waals surface area contributed by atoms with Crippen molar-refractivity contribution in [2.75, 3.05) is 13.1 Å². The Morgan fingerprint density at radius 2 is 2.00 bits per heavy atom. The molecule has 0 unspecified atom stereocenters. The lowest BCUT2D eigenvalue weighted by atomic mass is 10.1. The van der Waals surface area contributed by atoms with E-state index >= 15 is 0 Å².